The number of ether oxygens (including phenoxy) is 1. The molecular formula is C10H17NO4. The molecule has 0 spiro atoms. The molecular weight excluding hydrogens is 198 g/mol. The highest BCUT2D eigenvalue weighted by molar-refractivity contribution is 5.66. The van der Waals surface area contributed by atoms with Crippen molar-refractivity contribution in [2.45, 2.75) is 38.5 Å². The number of hydrogen-bond acceptors (Lipinski definition) is 3. The van der Waals surface area contributed by atoms with Crippen molar-refractivity contribution < 1.29 is 19.7 Å². The molecule has 5 heteroatoms. The lowest BCUT2D eigenvalue weighted by molar-refractivity contribution is -0.0421. The van der Waals surface area contributed by atoms with E-state index in [0.29, 0.717) is 19.4 Å². The smallest absolute Gasteiger partial charge is 0.409 e. The van der Waals surface area contributed by atoms with Crippen LogP contribution in [0.2, 0.25) is 0 Å². The first-order valence-corrected chi connectivity index (χ1v) is 4.94. The zero-order valence-corrected chi connectivity index (χ0v) is 9.01. The normalized spacial score (nSPS) is 24.9. The minimum absolute atomic E-state index is 0.131. The van der Waals surface area contributed by atoms with E-state index in [2.05, 4.69) is 0 Å². The summed E-state index contributed by atoms with van der Waals surface area (Å²) in [6.07, 6.45) is 2.92. The molecule has 1 aliphatic heterocycles. The molecule has 5 nitrogen and oxygen atoms in total. The van der Waals surface area contributed by atoms with Crippen LogP contribution in [0.1, 0.15) is 26.7 Å². The van der Waals surface area contributed by atoms with Gasteiger partial charge in [-0.2, -0.15) is 0 Å². The third-order valence-corrected chi connectivity index (χ3v) is 2.55. The minimum atomic E-state index is -0.963. The number of carboxylic acid groups (broad SMARTS) is 1. The Morgan fingerprint density at radius 1 is 1.67 bits per heavy atom. The number of aliphatic hydroxyl groups excluding tert-OH is 1. The van der Waals surface area contributed by atoms with Gasteiger partial charge in [0.15, 0.2) is 0 Å². The average Bonchev–Trinajstić information content (AvgIpc) is 2.42. The van der Waals surface area contributed by atoms with Gasteiger partial charge in [0.1, 0.15) is 5.72 Å². The molecule has 15 heavy (non-hydrogen) atoms. The zero-order chi connectivity index (χ0) is 11.5. The molecule has 1 aliphatic rings. The molecule has 0 aromatic rings. The van der Waals surface area contributed by atoms with Crippen LogP contribution in [0.15, 0.2) is 12.3 Å². The summed E-state index contributed by atoms with van der Waals surface area (Å²) in [6, 6.07) is -0.131. The fourth-order valence-electron chi connectivity index (χ4n) is 1.85. The SMILES string of the molecule is CC1(C)OC[C@H](CCC=CO)N1C(=O)O. The van der Waals surface area contributed by atoms with Gasteiger partial charge in [0.05, 0.1) is 18.9 Å². The summed E-state index contributed by atoms with van der Waals surface area (Å²) in [5.41, 5.74) is -0.751. The highest BCUT2D eigenvalue weighted by Crippen LogP contribution is 2.29. The predicted octanol–water partition coefficient (Wildman–Crippen LogP) is 1.95. The number of amides is 1. The van der Waals surface area contributed by atoms with Gasteiger partial charge in [-0.05, 0) is 26.7 Å². The van der Waals surface area contributed by atoms with Gasteiger partial charge in [-0.3, -0.25) is 4.90 Å². The Balaban J connectivity index is 2.61. The molecule has 1 amide bonds. The Morgan fingerprint density at radius 3 is 2.87 bits per heavy atom. The van der Waals surface area contributed by atoms with E-state index in [4.69, 9.17) is 14.9 Å². The number of aliphatic hydroxyl groups is 1. The number of rotatable bonds is 3. The van der Waals surface area contributed by atoms with Crippen LogP contribution in [0, 0.1) is 0 Å². The summed E-state index contributed by atoms with van der Waals surface area (Å²) in [5.74, 6) is 0. The second-order valence-electron chi connectivity index (χ2n) is 4.03. The van der Waals surface area contributed by atoms with Crippen LogP contribution < -0.4 is 0 Å². The van der Waals surface area contributed by atoms with E-state index in [1.807, 2.05) is 0 Å². The van der Waals surface area contributed by atoms with Crippen molar-refractivity contribution in [3.05, 3.63) is 12.3 Å². The van der Waals surface area contributed by atoms with Crippen molar-refractivity contribution in [2.24, 2.45) is 0 Å². The molecule has 0 aromatic carbocycles. The molecule has 1 heterocycles. The zero-order valence-electron chi connectivity index (χ0n) is 9.01. The van der Waals surface area contributed by atoms with Crippen LogP contribution in [0.4, 0.5) is 4.79 Å². The Kier molecular flexibility index (Phi) is 3.57. The van der Waals surface area contributed by atoms with E-state index in [0.717, 1.165) is 6.26 Å². The summed E-state index contributed by atoms with van der Waals surface area (Å²) < 4.78 is 5.42. The van der Waals surface area contributed by atoms with Gasteiger partial charge in [-0.25, -0.2) is 4.79 Å². The predicted molar refractivity (Wildman–Crippen MR) is 54.7 cm³/mol. The third kappa shape index (κ3) is 2.62. The van der Waals surface area contributed by atoms with Crippen molar-refractivity contribution in [3.63, 3.8) is 0 Å². The van der Waals surface area contributed by atoms with E-state index >= 15 is 0 Å². The van der Waals surface area contributed by atoms with Crippen LogP contribution in [-0.2, 0) is 4.74 Å². The maximum absolute atomic E-state index is 11.0. The number of hydrogen-bond donors (Lipinski definition) is 2. The molecule has 86 valence electrons. The first-order valence-electron chi connectivity index (χ1n) is 4.94. The topological polar surface area (TPSA) is 70.0 Å². The fraction of sp³-hybridized carbons (Fsp3) is 0.700. The summed E-state index contributed by atoms with van der Waals surface area (Å²) in [6.45, 7) is 3.89. The molecule has 0 aliphatic carbocycles. The molecule has 1 saturated heterocycles. The molecule has 1 fully saturated rings. The van der Waals surface area contributed by atoms with Crippen molar-refractivity contribution in [1.29, 1.82) is 0 Å². The molecule has 1 atom stereocenters. The number of allylic oxidation sites excluding steroid dienone is 1. The van der Waals surface area contributed by atoms with Gasteiger partial charge in [-0.1, -0.05) is 6.08 Å². The van der Waals surface area contributed by atoms with Crippen molar-refractivity contribution in [2.75, 3.05) is 6.61 Å². The maximum Gasteiger partial charge on any atom is 0.409 e. The number of nitrogens with zero attached hydrogens (tertiary/aromatic N) is 1. The Bertz CT molecular complexity index is 262. The summed E-state index contributed by atoms with van der Waals surface area (Å²) in [5, 5.41) is 17.5. The summed E-state index contributed by atoms with van der Waals surface area (Å²) >= 11 is 0. The van der Waals surface area contributed by atoms with E-state index in [9.17, 15) is 4.79 Å². The monoisotopic (exact) mass is 215 g/mol. The van der Waals surface area contributed by atoms with E-state index in [1.165, 1.54) is 4.90 Å². The Labute approximate surface area is 89.0 Å². The Morgan fingerprint density at radius 2 is 2.33 bits per heavy atom. The fourth-order valence-corrected chi connectivity index (χ4v) is 1.85. The maximum atomic E-state index is 11.0. The molecule has 1 rings (SSSR count). The molecule has 2 N–H and O–H groups in total. The van der Waals surface area contributed by atoms with Crippen LogP contribution in [0.25, 0.3) is 0 Å². The quantitative estimate of drug-likeness (QED) is 0.706. The van der Waals surface area contributed by atoms with Crippen LogP contribution in [0.5, 0.6) is 0 Å². The van der Waals surface area contributed by atoms with E-state index in [1.54, 1.807) is 19.9 Å². The van der Waals surface area contributed by atoms with E-state index in [-0.39, 0.29) is 6.04 Å². The van der Waals surface area contributed by atoms with Crippen LogP contribution in [-0.4, -0.2) is 39.6 Å². The molecule has 0 bridgehead atoms. The highest BCUT2D eigenvalue weighted by Gasteiger charge is 2.43. The largest absolute Gasteiger partial charge is 0.516 e. The van der Waals surface area contributed by atoms with Gasteiger partial charge in [0.25, 0.3) is 0 Å². The molecule has 0 radical (unpaired) electrons. The van der Waals surface area contributed by atoms with Gasteiger partial charge in [0.2, 0.25) is 0 Å². The molecule has 0 unspecified atom stereocenters. The summed E-state index contributed by atoms with van der Waals surface area (Å²) in [7, 11) is 0. The van der Waals surface area contributed by atoms with Gasteiger partial charge in [0, 0.05) is 0 Å². The first-order chi connectivity index (χ1) is 6.99. The van der Waals surface area contributed by atoms with E-state index < -0.39 is 11.8 Å². The second-order valence-corrected chi connectivity index (χ2v) is 4.03. The minimum Gasteiger partial charge on any atom is -0.516 e. The van der Waals surface area contributed by atoms with Crippen LogP contribution >= 0.6 is 0 Å². The third-order valence-electron chi connectivity index (χ3n) is 2.55. The van der Waals surface area contributed by atoms with Crippen molar-refractivity contribution >= 4 is 6.09 Å². The average molecular weight is 215 g/mol. The van der Waals surface area contributed by atoms with Gasteiger partial charge >= 0.3 is 6.09 Å². The Hall–Kier alpha value is -1.23. The second kappa shape index (κ2) is 4.53. The lowest BCUT2D eigenvalue weighted by Gasteiger charge is -2.30. The standard InChI is InChI=1S/C10H17NO4/c1-10(2)11(9(13)14)8(7-15-10)5-3-4-6-12/h4,6,8,12H,3,5,7H2,1-2H3,(H,13,14)/t8-/m0/s1. The van der Waals surface area contributed by atoms with Crippen LogP contribution in [0.3, 0.4) is 0 Å². The molecule has 0 saturated carbocycles. The first kappa shape index (κ1) is 11.8. The lowest BCUT2D eigenvalue weighted by atomic mass is 10.1. The van der Waals surface area contributed by atoms with Gasteiger partial charge < -0.3 is 14.9 Å². The molecule has 0 aromatic heterocycles. The summed E-state index contributed by atoms with van der Waals surface area (Å²) in [4.78, 5) is 12.4. The highest BCUT2D eigenvalue weighted by atomic mass is 16.5. The van der Waals surface area contributed by atoms with Gasteiger partial charge in [-0.15, -0.1) is 0 Å². The van der Waals surface area contributed by atoms with Crippen molar-refractivity contribution in [1.82, 2.24) is 4.90 Å². The number of carbonyl (C=O) groups is 1. The van der Waals surface area contributed by atoms with Crippen molar-refractivity contribution in [3.8, 4) is 0 Å². The lowest BCUT2D eigenvalue weighted by Crippen LogP contribution is -2.47.